The molecule has 0 radical (unpaired) electrons. The quantitative estimate of drug-likeness (QED) is 0.236. The highest BCUT2D eigenvalue weighted by Crippen LogP contribution is 2.41. The number of aryl methyl sites for hydroxylation is 1. The lowest BCUT2D eigenvalue weighted by Gasteiger charge is -2.26. The molecular weight excluding hydrogens is 550 g/mol. The number of hydrogen-bond acceptors (Lipinski definition) is 6. The Morgan fingerprint density at radius 3 is 2.38 bits per heavy atom. The molecule has 1 amide bonds. The maximum Gasteiger partial charge on any atom is 0.274 e. The van der Waals surface area contributed by atoms with Crippen LogP contribution in [-0.4, -0.2) is 76.2 Å². The van der Waals surface area contributed by atoms with E-state index in [1.54, 1.807) is 0 Å². The SMILES string of the molecule is CC(C)CCN(CCC(C)C)C(=O)c1ccc2nc(-c3cccc4c3OCCO4)c(CCCN3CCCCC3)n2n1.Cl. The summed E-state index contributed by atoms with van der Waals surface area (Å²) >= 11 is 0. The molecule has 230 valence electrons. The largest absolute Gasteiger partial charge is 0.486 e. The van der Waals surface area contributed by atoms with Crippen molar-refractivity contribution >= 4 is 24.0 Å². The lowest BCUT2D eigenvalue weighted by atomic mass is 10.0. The summed E-state index contributed by atoms with van der Waals surface area (Å²) in [5.41, 5.74) is 4.02. The Morgan fingerprint density at radius 1 is 0.952 bits per heavy atom. The molecular formula is C33H48ClN5O3. The predicted molar refractivity (Wildman–Crippen MR) is 170 cm³/mol. The molecule has 9 heteroatoms. The number of ether oxygens (including phenoxy) is 2. The number of amides is 1. The van der Waals surface area contributed by atoms with Gasteiger partial charge >= 0.3 is 0 Å². The first-order valence-corrected chi connectivity index (χ1v) is 15.7. The van der Waals surface area contributed by atoms with Crippen molar-refractivity contribution in [3.05, 3.63) is 41.7 Å². The van der Waals surface area contributed by atoms with Crippen LogP contribution in [0.2, 0.25) is 0 Å². The summed E-state index contributed by atoms with van der Waals surface area (Å²) in [6, 6.07) is 9.77. The standard InChI is InChI=1S/C33H47N5O3.ClH/c1-24(2)15-20-37(21-16-25(3)4)33(39)27-13-14-30-34-31(26-10-8-12-29-32(26)41-23-22-40-29)28(38(30)35-27)11-9-19-36-17-6-5-7-18-36;/h8,10,12-14,24-25H,5-7,9,11,15-23H2,1-4H3;1H. The van der Waals surface area contributed by atoms with Gasteiger partial charge in [-0.25, -0.2) is 9.50 Å². The number of hydrogen-bond donors (Lipinski definition) is 0. The average Bonchev–Trinajstić information content (AvgIpc) is 3.34. The molecule has 3 aromatic rings. The molecule has 0 saturated carbocycles. The van der Waals surface area contributed by atoms with Gasteiger partial charge in [-0.05, 0) is 94.3 Å². The summed E-state index contributed by atoms with van der Waals surface area (Å²) in [6.45, 7) is 14.8. The molecule has 4 heterocycles. The van der Waals surface area contributed by atoms with Crippen molar-refractivity contribution in [1.29, 1.82) is 0 Å². The van der Waals surface area contributed by atoms with Crippen molar-refractivity contribution in [3.8, 4) is 22.8 Å². The number of benzene rings is 1. The molecule has 0 spiro atoms. The number of imidazole rings is 1. The van der Waals surface area contributed by atoms with Gasteiger partial charge in [0.1, 0.15) is 18.9 Å². The van der Waals surface area contributed by atoms with Gasteiger partial charge in [0.15, 0.2) is 17.1 Å². The summed E-state index contributed by atoms with van der Waals surface area (Å²) in [7, 11) is 0. The average molecular weight is 598 g/mol. The van der Waals surface area contributed by atoms with Gasteiger partial charge in [0.05, 0.1) is 11.4 Å². The molecule has 1 aromatic carbocycles. The third kappa shape index (κ3) is 7.75. The Kier molecular flexibility index (Phi) is 11.5. The summed E-state index contributed by atoms with van der Waals surface area (Å²) in [6.07, 6.45) is 7.67. The predicted octanol–water partition coefficient (Wildman–Crippen LogP) is 6.54. The Labute approximate surface area is 257 Å². The second-order valence-corrected chi connectivity index (χ2v) is 12.4. The Bertz CT molecular complexity index is 1310. The van der Waals surface area contributed by atoms with Gasteiger partial charge in [-0.2, -0.15) is 5.10 Å². The van der Waals surface area contributed by atoms with Gasteiger partial charge in [-0.3, -0.25) is 4.79 Å². The molecule has 0 N–H and O–H groups in total. The van der Waals surface area contributed by atoms with Crippen LogP contribution < -0.4 is 9.47 Å². The van der Waals surface area contributed by atoms with Gasteiger partial charge in [0.2, 0.25) is 0 Å². The van der Waals surface area contributed by atoms with Gasteiger partial charge in [0.25, 0.3) is 5.91 Å². The molecule has 42 heavy (non-hydrogen) atoms. The van der Waals surface area contributed by atoms with Gasteiger partial charge in [-0.1, -0.05) is 40.2 Å². The van der Waals surface area contributed by atoms with Crippen LogP contribution in [-0.2, 0) is 6.42 Å². The molecule has 2 aliphatic heterocycles. The molecule has 8 nitrogen and oxygen atoms in total. The number of fused-ring (bicyclic) bond motifs is 2. The van der Waals surface area contributed by atoms with E-state index in [2.05, 4.69) is 38.7 Å². The van der Waals surface area contributed by atoms with E-state index in [4.69, 9.17) is 19.6 Å². The molecule has 0 bridgehead atoms. The van der Waals surface area contributed by atoms with E-state index < -0.39 is 0 Å². The molecule has 2 aromatic heterocycles. The highest BCUT2D eigenvalue weighted by molar-refractivity contribution is 5.92. The fourth-order valence-electron chi connectivity index (χ4n) is 5.75. The van der Waals surface area contributed by atoms with Crippen molar-refractivity contribution in [2.24, 2.45) is 11.8 Å². The van der Waals surface area contributed by atoms with Crippen LogP contribution in [0.3, 0.4) is 0 Å². The van der Waals surface area contributed by atoms with Crippen LogP contribution in [0.4, 0.5) is 0 Å². The minimum Gasteiger partial charge on any atom is -0.486 e. The van der Waals surface area contributed by atoms with E-state index in [9.17, 15) is 4.79 Å². The Morgan fingerprint density at radius 2 is 1.67 bits per heavy atom. The van der Waals surface area contributed by atoms with E-state index in [-0.39, 0.29) is 18.3 Å². The molecule has 1 fully saturated rings. The first-order valence-electron chi connectivity index (χ1n) is 15.7. The first-order chi connectivity index (χ1) is 19.9. The molecule has 5 rings (SSSR count). The summed E-state index contributed by atoms with van der Waals surface area (Å²) in [4.78, 5) is 23.4. The monoisotopic (exact) mass is 597 g/mol. The van der Waals surface area contributed by atoms with Crippen LogP contribution in [0, 0.1) is 11.8 Å². The summed E-state index contributed by atoms with van der Waals surface area (Å²) in [5, 5.41) is 4.95. The third-order valence-corrected chi connectivity index (χ3v) is 8.19. The summed E-state index contributed by atoms with van der Waals surface area (Å²) < 4.78 is 13.9. The number of carbonyl (C=O) groups excluding carboxylic acids is 1. The van der Waals surface area contributed by atoms with Crippen LogP contribution >= 0.6 is 12.4 Å². The van der Waals surface area contributed by atoms with Crippen LogP contribution in [0.1, 0.15) is 82.4 Å². The van der Waals surface area contributed by atoms with Gasteiger partial charge < -0.3 is 19.3 Å². The number of aromatic nitrogens is 3. The second kappa shape index (κ2) is 15.1. The normalized spacial score (nSPS) is 15.3. The molecule has 0 atom stereocenters. The van der Waals surface area contributed by atoms with E-state index in [0.29, 0.717) is 30.7 Å². The van der Waals surface area contributed by atoms with Crippen LogP contribution in [0.25, 0.3) is 16.9 Å². The smallest absolute Gasteiger partial charge is 0.274 e. The third-order valence-electron chi connectivity index (χ3n) is 8.19. The maximum atomic E-state index is 13.8. The van der Waals surface area contributed by atoms with Crippen molar-refractivity contribution in [1.82, 2.24) is 24.4 Å². The van der Waals surface area contributed by atoms with Gasteiger partial charge in [-0.15, -0.1) is 12.4 Å². The first kappa shape index (κ1) is 32.1. The Hall–Kier alpha value is -2.84. The highest BCUT2D eigenvalue weighted by atomic mass is 35.5. The zero-order valence-corrected chi connectivity index (χ0v) is 26.6. The number of nitrogens with zero attached hydrogens (tertiary/aromatic N) is 5. The van der Waals surface area contributed by atoms with Crippen LogP contribution in [0.5, 0.6) is 11.5 Å². The van der Waals surface area contributed by atoms with E-state index in [1.165, 1.54) is 32.4 Å². The topological polar surface area (TPSA) is 72.2 Å². The second-order valence-electron chi connectivity index (χ2n) is 12.4. The number of carbonyl (C=O) groups is 1. The number of likely N-dealkylation sites (tertiary alicyclic amines) is 1. The fourth-order valence-corrected chi connectivity index (χ4v) is 5.75. The molecule has 2 aliphatic rings. The highest BCUT2D eigenvalue weighted by Gasteiger charge is 2.25. The zero-order chi connectivity index (χ0) is 28.8. The number of halogens is 1. The number of rotatable bonds is 12. The lowest BCUT2D eigenvalue weighted by molar-refractivity contribution is 0.0733. The lowest BCUT2D eigenvalue weighted by Crippen LogP contribution is -2.35. The zero-order valence-electron chi connectivity index (χ0n) is 25.8. The minimum absolute atomic E-state index is 0. The van der Waals surface area contributed by atoms with E-state index >= 15 is 0 Å². The molecule has 0 aliphatic carbocycles. The molecule has 0 unspecified atom stereocenters. The van der Waals surface area contributed by atoms with Crippen molar-refractivity contribution in [2.75, 3.05) is 45.9 Å². The van der Waals surface area contributed by atoms with E-state index in [1.807, 2.05) is 33.7 Å². The van der Waals surface area contributed by atoms with Crippen molar-refractivity contribution in [3.63, 3.8) is 0 Å². The number of para-hydroxylation sites is 1. The summed E-state index contributed by atoms with van der Waals surface area (Å²) in [5.74, 6) is 2.55. The Balaban J connectivity index is 0.00000405. The van der Waals surface area contributed by atoms with E-state index in [0.717, 1.165) is 79.4 Å². The number of piperidine rings is 1. The van der Waals surface area contributed by atoms with Gasteiger partial charge in [0, 0.05) is 18.7 Å². The van der Waals surface area contributed by atoms with Crippen molar-refractivity contribution in [2.45, 2.75) is 72.6 Å². The minimum atomic E-state index is -0.00320. The van der Waals surface area contributed by atoms with Crippen molar-refractivity contribution < 1.29 is 14.3 Å². The fraction of sp³-hybridized carbons (Fsp3) is 0.606. The van der Waals surface area contributed by atoms with Crippen LogP contribution in [0.15, 0.2) is 30.3 Å². The molecule has 1 saturated heterocycles. The maximum absolute atomic E-state index is 13.8.